The first-order valence-electron chi connectivity index (χ1n) is 6.86. The summed E-state index contributed by atoms with van der Waals surface area (Å²) in [6.45, 7) is 4.06. The van der Waals surface area contributed by atoms with Gasteiger partial charge in [0.05, 0.1) is 19.1 Å². The molecule has 0 saturated heterocycles. The van der Waals surface area contributed by atoms with E-state index in [1.54, 1.807) is 7.11 Å². The molecule has 0 spiro atoms. The minimum absolute atomic E-state index is 0.498. The highest BCUT2D eigenvalue weighted by Gasteiger charge is 2.28. The van der Waals surface area contributed by atoms with Gasteiger partial charge in [0, 0.05) is 0 Å². The topological polar surface area (TPSA) is 74.2 Å². The molecule has 1 aromatic carbocycles. The van der Waals surface area contributed by atoms with Crippen molar-refractivity contribution in [1.29, 1.82) is 0 Å². The van der Waals surface area contributed by atoms with E-state index in [2.05, 4.69) is 10.1 Å². The molecule has 0 aliphatic rings. The molecule has 2 aromatic rings. The average Bonchev–Trinajstić information content (AvgIpc) is 2.96. The van der Waals surface area contributed by atoms with Gasteiger partial charge in [-0.2, -0.15) is 4.98 Å². The van der Waals surface area contributed by atoms with Crippen LogP contribution in [0.15, 0.2) is 28.8 Å². The number of nitrogens with two attached hydrogens (primary N) is 1. The van der Waals surface area contributed by atoms with E-state index >= 15 is 0 Å². The molecule has 0 saturated carbocycles. The van der Waals surface area contributed by atoms with Crippen molar-refractivity contribution in [3.63, 3.8) is 0 Å². The summed E-state index contributed by atoms with van der Waals surface area (Å²) in [5, 5.41) is 4.02. The van der Waals surface area contributed by atoms with Crippen molar-refractivity contribution in [1.82, 2.24) is 10.1 Å². The van der Waals surface area contributed by atoms with E-state index in [1.807, 2.05) is 38.1 Å². The van der Waals surface area contributed by atoms with Gasteiger partial charge < -0.3 is 15.0 Å². The van der Waals surface area contributed by atoms with Crippen molar-refractivity contribution in [3.05, 3.63) is 41.5 Å². The summed E-state index contributed by atoms with van der Waals surface area (Å²) in [7, 11) is 1.65. The molecule has 0 aliphatic carbocycles. The Morgan fingerprint density at radius 3 is 2.40 bits per heavy atom. The number of aromatic nitrogens is 2. The summed E-state index contributed by atoms with van der Waals surface area (Å²) in [6, 6.07) is 7.80. The SMILES string of the molecule is CCC(N)(CC)c1noc(Cc2ccc(OC)cc2)n1. The normalized spacial score (nSPS) is 11.6. The monoisotopic (exact) mass is 275 g/mol. The number of methoxy groups -OCH3 is 1. The number of hydrogen-bond acceptors (Lipinski definition) is 5. The average molecular weight is 275 g/mol. The van der Waals surface area contributed by atoms with Crippen LogP contribution in [0.2, 0.25) is 0 Å². The lowest BCUT2D eigenvalue weighted by atomic mass is 9.93. The van der Waals surface area contributed by atoms with Gasteiger partial charge in [-0.3, -0.25) is 0 Å². The number of rotatable bonds is 6. The van der Waals surface area contributed by atoms with Crippen molar-refractivity contribution in [2.24, 2.45) is 5.73 Å². The van der Waals surface area contributed by atoms with Crippen molar-refractivity contribution in [2.75, 3.05) is 7.11 Å². The predicted octanol–water partition coefficient (Wildman–Crippen LogP) is 2.64. The molecule has 1 aromatic heterocycles. The lowest BCUT2D eigenvalue weighted by Gasteiger charge is -2.21. The van der Waals surface area contributed by atoms with Crippen LogP contribution in [-0.4, -0.2) is 17.3 Å². The quantitative estimate of drug-likeness (QED) is 0.877. The first-order chi connectivity index (χ1) is 9.61. The number of benzene rings is 1. The molecule has 0 unspecified atom stereocenters. The Labute approximate surface area is 119 Å². The molecule has 20 heavy (non-hydrogen) atoms. The number of ether oxygens (including phenoxy) is 1. The third kappa shape index (κ3) is 2.99. The van der Waals surface area contributed by atoms with Crippen molar-refractivity contribution < 1.29 is 9.26 Å². The third-order valence-corrected chi connectivity index (χ3v) is 3.69. The highest BCUT2D eigenvalue weighted by atomic mass is 16.5. The van der Waals surface area contributed by atoms with Gasteiger partial charge in [0.1, 0.15) is 5.75 Å². The van der Waals surface area contributed by atoms with Gasteiger partial charge in [-0.25, -0.2) is 0 Å². The summed E-state index contributed by atoms with van der Waals surface area (Å²) in [4.78, 5) is 4.43. The standard InChI is InChI=1S/C15H21N3O2/c1-4-15(16,5-2)14-17-13(20-18-14)10-11-6-8-12(19-3)9-7-11/h6-9H,4-5,10,16H2,1-3H3. The zero-order chi connectivity index (χ0) is 14.6. The number of hydrogen-bond donors (Lipinski definition) is 1. The molecule has 0 atom stereocenters. The highest BCUT2D eigenvalue weighted by Crippen LogP contribution is 2.23. The summed E-state index contributed by atoms with van der Waals surface area (Å²) in [5.74, 6) is 2.01. The molecule has 1 heterocycles. The van der Waals surface area contributed by atoms with Crippen molar-refractivity contribution >= 4 is 0 Å². The Morgan fingerprint density at radius 1 is 1.20 bits per heavy atom. The van der Waals surface area contributed by atoms with Crippen molar-refractivity contribution in [2.45, 2.75) is 38.6 Å². The second kappa shape index (κ2) is 6.05. The van der Waals surface area contributed by atoms with Crippen LogP contribution in [0, 0.1) is 0 Å². The molecule has 2 rings (SSSR count). The fourth-order valence-corrected chi connectivity index (χ4v) is 2.01. The Bertz CT molecular complexity index is 545. The fourth-order valence-electron chi connectivity index (χ4n) is 2.01. The summed E-state index contributed by atoms with van der Waals surface area (Å²) in [5.41, 5.74) is 6.86. The summed E-state index contributed by atoms with van der Waals surface area (Å²) < 4.78 is 10.4. The Hall–Kier alpha value is -1.88. The Kier molecular flexibility index (Phi) is 4.39. The molecule has 5 nitrogen and oxygen atoms in total. The van der Waals surface area contributed by atoms with Crippen LogP contribution in [0.4, 0.5) is 0 Å². The van der Waals surface area contributed by atoms with Gasteiger partial charge in [-0.1, -0.05) is 31.1 Å². The Balaban J connectivity index is 2.12. The van der Waals surface area contributed by atoms with Gasteiger partial charge in [-0.05, 0) is 30.5 Å². The van der Waals surface area contributed by atoms with Gasteiger partial charge in [0.2, 0.25) is 5.89 Å². The summed E-state index contributed by atoms with van der Waals surface area (Å²) in [6.07, 6.45) is 2.16. The van der Waals surface area contributed by atoms with E-state index in [-0.39, 0.29) is 0 Å². The van der Waals surface area contributed by atoms with Gasteiger partial charge in [-0.15, -0.1) is 0 Å². The fraction of sp³-hybridized carbons (Fsp3) is 0.467. The zero-order valence-electron chi connectivity index (χ0n) is 12.2. The second-order valence-corrected chi connectivity index (χ2v) is 4.90. The van der Waals surface area contributed by atoms with Crippen LogP contribution in [-0.2, 0) is 12.0 Å². The smallest absolute Gasteiger partial charge is 0.231 e. The molecule has 0 radical (unpaired) electrons. The largest absolute Gasteiger partial charge is 0.497 e. The van der Waals surface area contributed by atoms with Crippen molar-refractivity contribution in [3.8, 4) is 5.75 Å². The molecule has 108 valence electrons. The zero-order valence-corrected chi connectivity index (χ0v) is 12.2. The Morgan fingerprint density at radius 2 is 1.85 bits per heavy atom. The maximum Gasteiger partial charge on any atom is 0.231 e. The van der Waals surface area contributed by atoms with Crippen LogP contribution >= 0.6 is 0 Å². The molecule has 0 bridgehead atoms. The molecule has 0 fully saturated rings. The van der Waals surface area contributed by atoms with E-state index < -0.39 is 5.54 Å². The second-order valence-electron chi connectivity index (χ2n) is 4.90. The maximum absolute atomic E-state index is 6.26. The molecule has 0 aliphatic heterocycles. The lowest BCUT2D eigenvalue weighted by Crippen LogP contribution is -2.36. The molecular weight excluding hydrogens is 254 g/mol. The highest BCUT2D eigenvalue weighted by molar-refractivity contribution is 5.28. The summed E-state index contributed by atoms with van der Waals surface area (Å²) >= 11 is 0. The van der Waals surface area contributed by atoms with Crippen LogP contribution in [0.25, 0.3) is 0 Å². The van der Waals surface area contributed by atoms with Gasteiger partial charge >= 0.3 is 0 Å². The lowest BCUT2D eigenvalue weighted by molar-refractivity contribution is 0.337. The predicted molar refractivity (Wildman–Crippen MR) is 76.5 cm³/mol. The molecule has 5 heteroatoms. The van der Waals surface area contributed by atoms with Gasteiger partial charge in [0.15, 0.2) is 5.82 Å². The van der Waals surface area contributed by atoms with E-state index in [0.717, 1.165) is 24.2 Å². The van der Waals surface area contributed by atoms with E-state index in [9.17, 15) is 0 Å². The maximum atomic E-state index is 6.26. The van der Waals surface area contributed by atoms with Crippen LogP contribution < -0.4 is 10.5 Å². The van der Waals surface area contributed by atoms with Crippen LogP contribution in [0.1, 0.15) is 44.0 Å². The minimum atomic E-state index is -0.498. The third-order valence-electron chi connectivity index (χ3n) is 3.69. The molecular formula is C15H21N3O2. The molecule has 2 N–H and O–H groups in total. The van der Waals surface area contributed by atoms with Crippen LogP contribution in [0.5, 0.6) is 5.75 Å². The first-order valence-corrected chi connectivity index (χ1v) is 6.86. The van der Waals surface area contributed by atoms with E-state index in [0.29, 0.717) is 18.1 Å². The van der Waals surface area contributed by atoms with Crippen LogP contribution in [0.3, 0.4) is 0 Å². The number of nitrogens with zero attached hydrogens (tertiary/aromatic N) is 2. The molecule has 0 amide bonds. The van der Waals surface area contributed by atoms with E-state index in [1.165, 1.54) is 0 Å². The first kappa shape index (κ1) is 14.5. The minimum Gasteiger partial charge on any atom is -0.497 e. The van der Waals surface area contributed by atoms with Gasteiger partial charge in [0.25, 0.3) is 0 Å². The van der Waals surface area contributed by atoms with E-state index in [4.69, 9.17) is 15.0 Å².